The van der Waals surface area contributed by atoms with Gasteiger partial charge in [-0.25, -0.2) is 4.98 Å². The molecule has 2 aromatic rings. The Balaban J connectivity index is 2.37. The minimum atomic E-state index is -0.335. The number of aryl methyl sites for hydroxylation is 1. The Hall–Kier alpha value is -1.95. The highest BCUT2D eigenvalue weighted by Gasteiger charge is 2.18. The molecule has 0 atom stereocenters. The fraction of sp³-hybridized carbons (Fsp3) is 0.0833. The zero-order valence-corrected chi connectivity index (χ0v) is 11.2. The Kier molecular flexibility index (Phi) is 3.29. The van der Waals surface area contributed by atoms with Crippen LogP contribution in [-0.4, -0.2) is 15.9 Å². The first-order valence-corrected chi connectivity index (χ1v) is 5.86. The number of hydrogen-bond donors (Lipinski definition) is 1. The largest absolute Gasteiger partial charge is 0.383 e. The van der Waals surface area contributed by atoms with Gasteiger partial charge in [0, 0.05) is 27.9 Å². The van der Waals surface area contributed by atoms with Gasteiger partial charge in [-0.15, -0.1) is 0 Å². The van der Waals surface area contributed by atoms with Gasteiger partial charge in [0.15, 0.2) is 5.69 Å². The van der Waals surface area contributed by atoms with Gasteiger partial charge in [-0.3, -0.25) is 4.79 Å². The lowest BCUT2D eigenvalue weighted by Gasteiger charge is -2.06. The maximum Gasteiger partial charge on any atom is 0.215 e. The highest BCUT2D eigenvalue weighted by molar-refractivity contribution is 9.10. The fourth-order valence-corrected chi connectivity index (χ4v) is 1.77. The molecule has 2 aromatic heterocycles. The van der Waals surface area contributed by atoms with Gasteiger partial charge in [0.05, 0.1) is 0 Å². The Bertz CT molecular complexity index is 634. The zero-order chi connectivity index (χ0) is 13.3. The van der Waals surface area contributed by atoms with Gasteiger partial charge in [-0.1, -0.05) is 11.7 Å². The van der Waals surface area contributed by atoms with E-state index in [9.17, 15) is 4.79 Å². The number of hydrogen-bond acceptors (Lipinski definition) is 5. The number of pyridine rings is 1. The third kappa shape index (κ3) is 2.33. The second-order valence-corrected chi connectivity index (χ2v) is 4.63. The molecule has 2 heterocycles. The molecule has 0 amide bonds. The molecule has 18 heavy (non-hydrogen) atoms. The van der Waals surface area contributed by atoms with Gasteiger partial charge in [0.2, 0.25) is 5.78 Å². The molecule has 2 N–H and O–H groups in total. The first-order chi connectivity index (χ1) is 8.49. The van der Waals surface area contributed by atoms with E-state index in [0.29, 0.717) is 11.3 Å². The van der Waals surface area contributed by atoms with Crippen LogP contribution in [0.3, 0.4) is 0 Å². The molecule has 0 radical (unpaired) electrons. The number of anilines is 1. The van der Waals surface area contributed by atoms with Crippen molar-refractivity contribution in [2.24, 2.45) is 0 Å². The number of Topliss-reactive ketones (excluding diaryl/α,β-unsaturated/α-hetero) is 1. The lowest BCUT2D eigenvalue weighted by molar-refractivity contribution is 0.104. The van der Waals surface area contributed by atoms with Gasteiger partial charge in [0.25, 0.3) is 0 Å². The number of nitrogens with two attached hydrogens (primary N) is 1. The second kappa shape index (κ2) is 4.73. The monoisotopic (exact) mass is 307 g/mol. The van der Waals surface area contributed by atoms with Crippen molar-refractivity contribution in [3.63, 3.8) is 0 Å². The van der Waals surface area contributed by atoms with Gasteiger partial charge >= 0.3 is 0 Å². The van der Waals surface area contributed by atoms with Crippen LogP contribution in [0.2, 0.25) is 0 Å². The molecule has 0 unspecified atom stereocenters. The van der Waals surface area contributed by atoms with E-state index in [1.165, 1.54) is 0 Å². The highest BCUT2D eigenvalue weighted by Crippen LogP contribution is 2.24. The summed E-state index contributed by atoms with van der Waals surface area (Å²) in [4.78, 5) is 16.1. The van der Waals surface area contributed by atoms with E-state index in [2.05, 4.69) is 32.6 Å². The topological polar surface area (TPSA) is 82.0 Å². The molecule has 92 valence electrons. The van der Waals surface area contributed by atoms with E-state index in [4.69, 9.17) is 10.3 Å². The molecule has 0 saturated carbocycles. The fourth-order valence-electron chi connectivity index (χ4n) is 1.44. The van der Waals surface area contributed by atoms with Crippen molar-refractivity contribution in [3.05, 3.63) is 46.4 Å². The molecule has 0 fully saturated rings. The van der Waals surface area contributed by atoms with Crippen LogP contribution in [0.4, 0.5) is 5.82 Å². The van der Waals surface area contributed by atoms with E-state index in [0.717, 1.165) is 4.47 Å². The van der Waals surface area contributed by atoms with Gasteiger partial charge in [-0.2, -0.15) is 0 Å². The summed E-state index contributed by atoms with van der Waals surface area (Å²) in [6.45, 7) is 5.45. The molecule has 0 aromatic carbocycles. The number of halogens is 1. The van der Waals surface area contributed by atoms with E-state index >= 15 is 0 Å². The first kappa shape index (κ1) is 12.5. The van der Waals surface area contributed by atoms with Crippen molar-refractivity contribution in [1.82, 2.24) is 10.1 Å². The molecule has 0 aliphatic heterocycles. The maximum absolute atomic E-state index is 12.1. The van der Waals surface area contributed by atoms with E-state index in [-0.39, 0.29) is 22.9 Å². The van der Waals surface area contributed by atoms with Crippen molar-refractivity contribution in [3.8, 4) is 0 Å². The minimum Gasteiger partial charge on any atom is -0.383 e. The average Bonchev–Trinajstić information content (AvgIpc) is 2.77. The van der Waals surface area contributed by atoms with E-state index in [1.54, 1.807) is 25.3 Å². The molecule has 6 heteroatoms. The smallest absolute Gasteiger partial charge is 0.215 e. The number of carbonyl (C=O) groups is 1. The zero-order valence-electron chi connectivity index (χ0n) is 9.61. The van der Waals surface area contributed by atoms with Crippen molar-refractivity contribution in [1.29, 1.82) is 0 Å². The standard InChI is InChI=1S/C12H10BrN3O2/c1-6-3-10(16-18-6)11(17)7(2)9-4-8(13)5-15-12(9)14/h3-5H,2H2,1H3,(H2,14,15). The number of nitrogen functional groups attached to an aromatic ring is 1. The Morgan fingerprint density at radius 1 is 1.50 bits per heavy atom. The number of rotatable bonds is 3. The third-order valence-electron chi connectivity index (χ3n) is 2.34. The van der Waals surface area contributed by atoms with Crippen LogP contribution < -0.4 is 5.73 Å². The number of aromatic nitrogens is 2. The van der Waals surface area contributed by atoms with E-state index in [1.807, 2.05) is 0 Å². The SMILES string of the molecule is C=C(C(=O)c1cc(C)on1)c1cc(Br)cnc1N. The normalized spacial score (nSPS) is 10.3. The molecule has 0 aliphatic carbocycles. The first-order valence-electron chi connectivity index (χ1n) is 5.07. The van der Waals surface area contributed by atoms with E-state index < -0.39 is 0 Å². The van der Waals surface area contributed by atoms with Crippen molar-refractivity contribution in [2.75, 3.05) is 5.73 Å². The Morgan fingerprint density at radius 3 is 2.83 bits per heavy atom. The summed E-state index contributed by atoms with van der Waals surface area (Å²) in [5.41, 5.74) is 6.64. The second-order valence-electron chi connectivity index (χ2n) is 3.72. The van der Waals surface area contributed by atoms with Crippen LogP contribution in [0.15, 0.2) is 33.9 Å². The van der Waals surface area contributed by atoms with Gasteiger partial charge in [-0.05, 0) is 28.9 Å². The van der Waals surface area contributed by atoms with Crippen molar-refractivity contribution < 1.29 is 9.32 Å². The molecule has 0 saturated heterocycles. The van der Waals surface area contributed by atoms with Crippen LogP contribution >= 0.6 is 15.9 Å². The highest BCUT2D eigenvalue weighted by atomic mass is 79.9. The molecule has 5 nitrogen and oxygen atoms in total. The van der Waals surface area contributed by atoms with Crippen LogP contribution in [0, 0.1) is 6.92 Å². The Morgan fingerprint density at radius 2 is 2.22 bits per heavy atom. The summed E-state index contributed by atoms with van der Waals surface area (Å²) >= 11 is 3.27. The lowest BCUT2D eigenvalue weighted by atomic mass is 10.0. The molecule has 0 bridgehead atoms. The number of carbonyl (C=O) groups excluding carboxylic acids is 1. The predicted octanol–water partition coefficient (Wildman–Crippen LogP) is 2.62. The van der Waals surface area contributed by atoms with Gasteiger partial charge in [0.1, 0.15) is 11.6 Å². The third-order valence-corrected chi connectivity index (χ3v) is 2.78. The average molecular weight is 308 g/mol. The molecular weight excluding hydrogens is 298 g/mol. The summed E-state index contributed by atoms with van der Waals surface area (Å²) < 4.78 is 5.58. The van der Waals surface area contributed by atoms with Crippen LogP contribution in [0.25, 0.3) is 5.57 Å². The summed E-state index contributed by atoms with van der Waals surface area (Å²) in [6.07, 6.45) is 1.55. The van der Waals surface area contributed by atoms with Crippen molar-refractivity contribution in [2.45, 2.75) is 6.92 Å². The summed E-state index contributed by atoms with van der Waals surface area (Å²) in [5.74, 6) is 0.474. The quantitative estimate of drug-likeness (QED) is 0.696. The molecular formula is C12H10BrN3O2. The summed E-state index contributed by atoms with van der Waals surface area (Å²) in [6, 6.07) is 3.24. The number of ketones is 1. The van der Waals surface area contributed by atoms with Crippen LogP contribution in [0.5, 0.6) is 0 Å². The number of nitrogens with zero attached hydrogens (tertiary/aromatic N) is 2. The Labute approximate surface area is 112 Å². The minimum absolute atomic E-state index is 0.205. The molecule has 2 rings (SSSR count). The van der Waals surface area contributed by atoms with Gasteiger partial charge < -0.3 is 10.3 Å². The summed E-state index contributed by atoms with van der Waals surface area (Å²) in [5, 5.41) is 3.66. The lowest BCUT2D eigenvalue weighted by Crippen LogP contribution is -2.05. The predicted molar refractivity (Wildman–Crippen MR) is 71.0 cm³/mol. The maximum atomic E-state index is 12.1. The van der Waals surface area contributed by atoms with Crippen LogP contribution in [-0.2, 0) is 0 Å². The number of allylic oxidation sites excluding steroid dienone is 1. The molecule has 0 spiro atoms. The molecule has 0 aliphatic rings. The summed E-state index contributed by atoms with van der Waals surface area (Å²) in [7, 11) is 0. The van der Waals surface area contributed by atoms with Crippen molar-refractivity contribution >= 4 is 33.1 Å². The van der Waals surface area contributed by atoms with Crippen LogP contribution in [0.1, 0.15) is 21.8 Å².